The van der Waals surface area contributed by atoms with Crippen molar-refractivity contribution in [2.45, 2.75) is 45.3 Å². The minimum Gasteiger partial charge on any atom is -0.336 e. The van der Waals surface area contributed by atoms with Crippen molar-refractivity contribution < 1.29 is 0 Å². The fourth-order valence-electron chi connectivity index (χ4n) is 3.60. The highest BCUT2D eigenvalue weighted by Gasteiger charge is 2.22. The molecule has 4 rings (SSSR count). The summed E-state index contributed by atoms with van der Waals surface area (Å²) in [6, 6.07) is 2.33. The van der Waals surface area contributed by atoms with Crippen LogP contribution in [0.2, 0.25) is 0 Å². The summed E-state index contributed by atoms with van der Waals surface area (Å²) in [5.41, 5.74) is 2.17. The topological polar surface area (TPSA) is 65.5 Å². The molecule has 3 aromatic rings. The molecule has 0 spiro atoms. The van der Waals surface area contributed by atoms with Gasteiger partial charge in [-0.05, 0) is 25.5 Å². The van der Waals surface area contributed by atoms with E-state index in [1.807, 2.05) is 31.8 Å². The molecule has 132 valence electrons. The maximum atomic E-state index is 4.83. The molecular weight excluding hydrogens is 314 g/mol. The van der Waals surface area contributed by atoms with Gasteiger partial charge in [0.1, 0.15) is 11.5 Å². The van der Waals surface area contributed by atoms with Gasteiger partial charge in [-0.3, -0.25) is 4.68 Å². The van der Waals surface area contributed by atoms with Gasteiger partial charge in [0.25, 0.3) is 0 Å². The molecule has 0 saturated carbocycles. The van der Waals surface area contributed by atoms with Crippen LogP contribution in [0.1, 0.15) is 43.7 Å². The highest BCUT2D eigenvalue weighted by atomic mass is 15.3. The third-order valence-corrected chi connectivity index (χ3v) is 4.85. The van der Waals surface area contributed by atoms with E-state index in [1.54, 1.807) is 0 Å². The van der Waals surface area contributed by atoms with Crippen LogP contribution in [-0.4, -0.2) is 35.4 Å². The van der Waals surface area contributed by atoms with Crippen molar-refractivity contribution in [2.75, 3.05) is 6.54 Å². The first-order chi connectivity index (χ1) is 12.3. The van der Waals surface area contributed by atoms with Crippen molar-refractivity contribution in [3.63, 3.8) is 0 Å². The Labute approximate surface area is 147 Å². The quantitative estimate of drug-likeness (QED) is 0.775. The number of rotatable bonds is 5. The number of hydrogen-bond acceptors (Lipinski definition) is 4. The molecule has 1 atom stereocenters. The van der Waals surface area contributed by atoms with E-state index in [0.717, 1.165) is 56.2 Å². The summed E-state index contributed by atoms with van der Waals surface area (Å²) in [6.07, 6.45) is 11.0. The number of imidazole rings is 2. The number of nitrogens with one attached hydrogen (secondary N) is 1. The number of nitrogens with zero attached hydrogens (tertiary/aromatic N) is 6. The van der Waals surface area contributed by atoms with Gasteiger partial charge in [-0.1, -0.05) is 13.3 Å². The summed E-state index contributed by atoms with van der Waals surface area (Å²) < 4.78 is 6.43. The maximum absolute atomic E-state index is 4.83. The molecule has 1 aliphatic rings. The molecule has 25 heavy (non-hydrogen) atoms. The van der Waals surface area contributed by atoms with E-state index in [-0.39, 0.29) is 6.04 Å². The Hall–Kier alpha value is -2.41. The predicted molar refractivity (Wildman–Crippen MR) is 96.0 cm³/mol. The van der Waals surface area contributed by atoms with Crippen LogP contribution in [0, 0.1) is 0 Å². The minimum absolute atomic E-state index is 0.169. The van der Waals surface area contributed by atoms with Gasteiger partial charge >= 0.3 is 0 Å². The Morgan fingerprint density at radius 2 is 2.12 bits per heavy atom. The van der Waals surface area contributed by atoms with E-state index in [4.69, 9.17) is 5.10 Å². The SMILES string of the molecule is CCC[C@@H](c1nccn1C)n1ccnc1-c1cc2n(n1)CCCNC2. The average Bonchev–Trinajstić information content (AvgIpc) is 3.31. The Morgan fingerprint density at radius 1 is 1.24 bits per heavy atom. The van der Waals surface area contributed by atoms with Crippen molar-refractivity contribution in [2.24, 2.45) is 7.05 Å². The number of fused-ring (bicyclic) bond motifs is 1. The normalized spacial score (nSPS) is 15.8. The van der Waals surface area contributed by atoms with Crippen LogP contribution < -0.4 is 5.32 Å². The van der Waals surface area contributed by atoms with Crippen molar-refractivity contribution in [1.29, 1.82) is 0 Å². The van der Waals surface area contributed by atoms with Crippen LogP contribution in [0.25, 0.3) is 11.5 Å². The van der Waals surface area contributed by atoms with Crippen molar-refractivity contribution in [3.8, 4) is 11.5 Å². The summed E-state index contributed by atoms with van der Waals surface area (Å²) in [5.74, 6) is 1.98. The van der Waals surface area contributed by atoms with Gasteiger partial charge in [-0.25, -0.2) is 9.97 Å². The summed E-state index contributed by atoms with van der Waals surface area (Å²) in [4.78, 5) is 9.21. The number of hydrogen-bond donors (Lipinski definition) is 1. The smallest absolute Gasteiger partial charge is 0.161 e. The molecule has 0 radical (unpaired) electrons. The van der Waals surface area contributed by atoms with Gasteiger partial charge in [-0.15, -0.1) is 0 Å². The first-order valence-electron chi connectivity index (χ1n) is 9.05. The molecule has 0 bridgehead atoms. The molecule has 1 aliphatic heterocycles. The van der Waals surface area contributed by atoms with Crippen molar-refractivity contribution in [1.82, 2.24) is 34.2 Å². The lowest BCUT2D eigenvalue weighted by molar-refractivity contribution is 0.494. The predicted octanol–water partition coefficient (Wildman–Crippen LogP) is 2.36. The van der Waals surface area contributed by atoms with Crippen molar-refractivity contribution in [3.05, 3.63) is 42.4 Å². The van der Waals surface area contributed by atoms with E-state index in [9.17, 15) is 0 Å². The number of aryl methyl sites for hydroxylation is 2. The van der Waals surface area contributed by atoms with Crippen LogP contribution in [0.3, 0.4) is 0 Å². The molecule has 0 aromatic carbocycles. The molecule has 0 unspecified atom stereocenters. The molecule has 7 nitrogen and oxygen atoms in total. The second-order valence-electron chi connectivity index (χ2n) is 6.63. The highest BCUT2D eigenvalue weighted by Crippen LogP contribution is 2.28. The fraction of sp³-hybridized carbons (Fsp3) is 0.500. The van der Waals surface area contributed by atoms with Crippen LogP contribution in [0.4, 0.5) is 0 Å². The fourth-order valence-corrected chi connectivity index (χ4v) is 3.60. The Bertz CT molecular complexity index is 818. The van der Waals surface area contributed by atoms with Crippen LogP contribution in [-0.2, 0) is 20.1 Å². The van der Waals surface area contributed by atoms with Gasteiger partial charge in [-0.2, -0.15) is 5.10 Å². The van der Waals surface area contributed by atoms with E-state index >= 15 is 0 Å². The second kappa shape index (κ2) is 6.84. The monoisotopic (exact) mass is 339 g/mol. The maximum Gasteiger partial charge on any atom is 0.161 e. The first-order valence-corrected chi connectivity index (χ1v) is 9.05. The van der Waals surface area contributed by atoms with Gasteiger partial charge in [0, 0.05) is 44.9 Å². The van der Waals surface area contributed by atoms with E-state index < -0.39 is 0 Å². The zero-order valence-electron chi connectivity index (χ0n) is 14.9. The summed E-state index contributed by atoms with van der Waals surface area (Å²) in [7, 11) is 2.05. The lowest BCUT2D eigenvalue weighted by Crippen LogP contribution is -2.16. The first kappa shape index (κ1) is 16.1. The molecule has 3 aromatic heterocycles. The largest absolute Gasteiger partial charge is 0.336 e. The van der Waals surface area contributed by atoms with E-state index in [2.05, 4.69) is 42.1 Å². The molecule has 0 fully saturated rings. The highest BCUT2D eigenvalue weighted by molar-refractivity contribution is 5.51. The van der Waals surface area contributed by atoms with Gasteiger partial charge in [0.2, 0.25) is 0 Å². The molecule has 4 heterocycles. The van der Waals surface area contributed by atoms with E-state index in [1.165, 1.54) is 5.69 Å². The zero-order chi connectivity index (χ0) is 17.2. The third kappa shape index (κ3) is 3.00. The molecule has 7 heteroatoms. The Morgan fingerprint density at radius 3 is 2.92 bits per heavy atom. The zero-order valence-corrected chi connectivity index (χ0v) is 14.9. The number of aromatic nitrogens is 6. The molecule has 1 N–H and O–H groups in total. The second-order valence-corrected chi connectivity index (χ2v) is 6.63. The Kier molecular flexibility index (Phi) is 4.40. The average molecular weight is 339 g/mol. The van der Waals surface area contributed by atoms with Crippen molar-refractivity contribution >= 4 is 0 Å². The third-order valence-electron chi connectivity index (χ3n) is 4.85. The lowest BCUT2D eigenvalue weighted by Gasteiger charge is -2.19. The standard InChI is InChI=1S/C18H25N7/c1-3-5-16(18-21-7-10-23(18)2)24-11-8-20-17(24)15-12-14-13-19-6-4-9-25(14)22-15/h7-8,10-12,16,19H,3-6,9,13H2,1-2H3/t16-/m0/s1. The van der Waals surface area contributed by atoms with Crippen LogP contribution >= 0.6 is 0 Å². The molecule has 0 aliphatic carbocycles. The summed E-state index contributed by atoms with van der Waals surface area (Å²) >= 11 is 0. The summed E-state index contributed by atoms with van der Waals surface area (Å²) in [5, 5.41) is 8.27. The molecule has 0 saturated heterocycles. The molecular formula is C18H25N7. The van der Waals surface area contributed by atoms with Crippen LogP contribution in [0.15, 0.2) is 30.9 Å². The summed E-state index contributed by atoms with van der Waals surface area (Å²) in [6.45, 7) is 5.08. The van der Waals surface area contributed by atoms with Gasteiger partial charge in [0.15, 0.2) is 5.82 Å². The lowest BCUT2D eigenvalue weighted by atomic mass is 10.1. The Balaban J connectivity index is 1.73. The minimum atomic E-state index is 0.169. The van der Waals surface area contributed by atoms with Crippen LogP contribution in [0.5, 0.6) is 0 Å². The van der Waals surface area contributed by atoms with Gasteiger partial charge < -0.3 is 14.5 Å². The van der Waals surface area contributed by atoms with Gasteiger partial charge in [0.05, 0.1) is 11.7 Å². The van der Waals surface area contributed by atoms with E-state index in [0.29, 0.717) is 0 Å². The molecule has 0 amide bonds.